The van der Waals surface area contributed by atoms with Crippen molar-refractivity contribution >= 4 is 33.0 Å². The smallest absolute Gasteiger partial charge is 0.225 e. The summed E-state index contributed by atoms with van der Waals surface area (Å²) in [4.78, 5) is 25.9. The first kappa shape index (κ1) is 22.0. The zero-order valence-electron chi connectivity index (χ0n) is 17.8. The summed E-state index contributed by atoms with van der Waals surface area (Å²) in [5.41, 5.74) is 3.42. The molecule has 30 heavy (non-hydrogen) atoms. The number of benzene rings is 2. The number of hydrogen-bond acceptors (Lipinski definition) is 4. The second-order valence-electron chi connectivity index (χ2n) is 8.10. The predicted molar refractivity (Wildman–Crippen MR) is 119 cm³/mol. The first-order chi connectivity index (χ1) is 14.1. The van der Waals surface area contributed by atoms with Crippen molar-refractivity contribution in [3.63, 3.8) is 0 Å². The second kappa shape index (κ2) is 8.60. The largest absolute Gasteiger partial charge is 0.326 e. The average molecular weight is 429 g/mol. The molecule has 0 unspecified atom stereocenters. The Morgan fingerprint density at radius 1 is 1.07 bits per heavy atom. The van der Waals surface area contributed by atoms with E-state index in [0.717, 1.165) is 11.3 Å². The van der Waals surface area contributed by atoms with Crippen LogP contribution in [0.5, 0.6) is 0 Å². The number of fused-ring (bicyclic) bond motifs is 1. The molecule has 6 nitrogen and oxygen atoms in total. The van der Waals surface area contributed by atoms with Crippen LogP contribution < -0.4 is 10.2 Å². The van der Waals surface area contributed by atoms with Crippen molar-refractivity contribution in [2.45, 2.75) is 56.6 Å². The van der Waals surface area contributed by atoms with Gasteiger partial charge in [-0.05, 0) is 60.7 Å². The number of carbonyl (C=O) groups excluding carboxylic acids is 2. The topological polar surface area (TPSA) is 83.6 Å². The van der Waals surface area contributed by atoms with Gasteiger partial charge < -0.3 is 10.2 Å². The van der Waals surface area contributed by atoms with Crippen molar-refractivity contribution in [2.75, 3.05) is 16.8 Å². The van der Waals surface area contributed by atoms with Crippen LogP contribution in [0.2, 0.25) is 0 Å². The number of anilines is 2. The van der Waals surface area contributed by atoms with E-state index < -0.39 is 15.1 Å². The van der Waals surface area contributed by atoms with Gasteiger partial charge in [0.25, 0.3) is 0 Å². The number of nitrogens with one attached hydrogen (secondary N) is 1. The monoisotopic (exact) mass is 428 g/mol. The minimum Gasteiger partial charge on any atom is -0.326 e. The molecule has 1 aliphatic heterocycles. The van der Waals surface area contributed by atoms with Gasteiger partial charge in [-0.1, -0.05) is 26.0 Å². The number of amides is 2. The maximum Gasteiger partial charge on any atom is 0.225 e. The lowest BCUT2D eigenvalue weighted by molar-refractivity contribution is -0.117. The Balaban J connectivity index is 1.69. The van der Waals surface area contributed by atoms with E-state index in [0.29, 0.717) is 24.6 Å². The Hall–Kier alpha value is -2.67. The van der Waals surface area contributed by atoms with E-state index in [4.69, 9.17) is 0 Å². The average Bonchev–Trinajstić information content (AvgIpc) is 3.11. The summed E-state index contributed by atoms with van der Waals surface area (Å²) in [7, 11) is -3.67. The van der Waals surface area contributed by atoms with Crippen molar-refractivity contribution in [1.29, 1.82) is 0 Å². The molecule has 7 heteroatoms. The van der Waals surface area contributed by atoms with Crippen LogP contribution in [0.15, 0.2) is 47.4 Å². The van der Waals surface area contributed by atoms with Crippen molar-refractivity contribution in [2.24, 2.45) is 0 Å². The van der Waals surface area contributed by atoms with E-state index in [2.05, 4.69) is 19.2 Å². The van der Waals surface area contributed by atoms with Crippen LogP contribution in [0.25, 0.3) is 0 Å². The molecule has 0 aromatic heterocycles. The predicted octanol–water partition coefficient (Wildman–Crippen LogP) is 3.91. The van der Waals surface area contributed by atoms with Gasteiger partial charge in [0.05, 0.1) is 10.1 Å². The normalized spacial score (nSPS) is 14.5. The Bertz CT molecular complexity index is 1060. The zero-order valence-corrected chi connectivity index (χ0v) is 18.6. The van der Waals surface area contributed by atoms with Crippen molar-refractivity contribution in [3.05, 3.63) is 53.6 Å². The molecule has 1 atom stereocenters. The molecule has 0 fully saturated rings. The fourth-order valence-corrected chi connectivity index (χ4v) is 5.05. The van der Waals surface area contributed by atoms with Crippen LogP contribution in [0, 0.1) is 0 Å². The summed E-state index contributed by atoms with van der Waals surface area (Å²) in [6, 6.07) is 12.4. The van der Waals surface area contributed by atoms with Gasteiger partial charge in [-0.3, -0.25) is 9.59 Å². The molecule has 2 amide bonds. The van der Waals surface area contributed by atoms with E-state index in [9.17, 15) is 18.0 Å². The van der Waals surface area contributed by atoms with Crippen LogP contribution in [0.1, 0.15) is 51.2 Å². The number of hydrogen-bond donors (Lipinski definition) is 1. The molecule has 0 aliphatic carbocycles. The summed E-state index contributed by atoms with van der Waals surface area (Å²) < 4.78 is 26.0. The quantitative estimate of drug-likeness (QED) is 0.756. The number of sulfone groups is 1. The summed E-state index contributed by atoms with van der Waals surface area (Å²) in [5, 5.41) is 1.91. The third-order valence-electron chi connectivity index (χ3n) is 5.52. The SMILES string of the molecule is CC(=O)N1CCc2cc(S(=O)(=O)[C@H](C)CC(=O)Nc3ccc(C(C)C)cc3)ccc21. The van der Waals surface area contributed by atoms with Gasteiger partial charge >= 0.3 is 0 Å². The van der Waals surface area contributed by atoms with Crippen LogP contribution in [0.3, 0.4) is 0 Å². The lowest BCUT2D eigenvalue weighted by atomic mass is 10.0. The van der Waals surface area contributed by atoms with E-state index in [1.807, 2.05) is 24.3 Å². The van der Waals surface area contributed by atoms with E-state index in [-0.39, 0.29) is 23.1 Å². The number of carbonyl (C=O) groups is 2. The molecular formula is C23H28N2O4S. The second-order valence-corrected chi connectivity index (χ2v) is 10.5. The fourth-order valence-electron chi connectivity index (χ4n) is 3.65. The summed E-state index contributed by atoms with van der Waals surface area (Å²) in [5.74, 6) is -0.00197. The molecule has 1 N–H and O–H groups in total. The minimum absolute atomic E-state index is 0.0594. The minimum atomic E-state index is -3.67. The molecule has 0 bridgehead atoms. The molecule has 1 aliphatic rings. The van der Waals surface area contributed by atoms with E-state index in [1.165, 1.54) is 18.6 Å². The molecule has 0 radical (unpaired) electrons. The van der Waals surface area contributed by atoms with Gasteiger partial charge in [-0.2, -0.15) is 0 Å². The highest BCUT2D eigenvalue weighted by molar-refractivity contribution is 7.92. The molecule has 160 valence electrons. The third-order valence-corrected chi connectivity index (χ3v) is 7.66. The van der Waals surface area contributed by atoms with Crippen molar-refractivity contribution in [3.8, 4) is 0 Å². The van der Waals surface area contributed by atoms with Gasteiger partial charge in [-0.25, -0.2) is 8.42 Å². The van der Waals surface area contributed by atoms with Gasteiger partial charge in [-0.15, -0.1) is 0 Å². The van der Waals surface area contributed by atoms with Crippen LogP contribution in [-0.4, -0.2) is 32.0 Å². The first-order valence-corrected chi connectivity index (χ1v) is 11.7. The molecule has 3 rings (SSSR count). The van der Waals surface area contributed by atoms with Gasteiger partial charge in [0, 0.05) is 31.3 Å². The highest BCUT2D eigenvalue weighted by Gasteiger charge is 2.29. The zero-order chi connectivity index (χ0) is 22.1. The third kappa shape index (κ3) is 4.56. The maximum atomic E-state index is 13.0. The Kier molecular flexibility index (Phi) is 6.31. The standard InChI is InChI=1S/C23H28N2O4S/c1-15(2)18-5-7-20(8-6-18)24-23(27)13-16(3)30(28,29)21-9-10-22-19(14-21)11-12-25(22)17(4)26/h5-10,14-16H,11-13H2,1-4H3,(H,24,27)/t16-/m1/s1. The lowest BCUT2D eigenvalue weighted by Crippen LogP contribution is -2.26. The van der Waals surface area contributed by atoms with Gasteiger partial charge in [0.1, 0.15) is 0 Å². The summed E-state index contributed by atoms with van der Waals surface area (Å²) >= 11 is 0. The van der Waals surface area contributed by atoms with Crippen molar-refractivity contribution < 1.29 is 18.0 Å². The summed E-state index contributed by atoms with van der Waals surface area (Å²) in [6.07, 6.45) is 0.491. The Labute approximate surface area is 178 Å². The Morgan fingerprint density at radius 2 is 1.73 bits per heavy atom. The van der Waals surface area contributed by atoms with Crippen LogP contribution >= 0.6 is 0 Å². The highest BCUT2D eigenvalue weighted by Crippen LogP contribution is 2.31. The Morgan fingerprint density at radius 3 is 2.33 bits per heavy atom. The van der Waals surface area contributed by atoms with E-state index in [1.54, 1.807) is 24.0 Å². The summed E-state index contributed by atoms with van der Waals surface area (Å²) in [6.45, 7) is 7.79. The maximum absolute atomic E-state index is 13.0. The molecule has 2 aromatic rings. The molecule has 1 heterocycles. The molecule has 0 saturated heterocycles. The molecule has 0 spiro atoms. The fraction of sp³-hybridized carbons (Fsp3) is 0.391. The molecule has 0 saturated carbocycles. The lowest BCUT2D eigenvalue weighted by Gasteiger charge is -2.16. The number of rotatable bonds is 6. The van der Waals surface area contributed by atoms with Gasteiger partial charge in [0.15, 0.2) is 9.84 Å². The number of nitrogens with zero attached hydrogens (tertiary/aromatic N) is 1. The van der Waals surface area contributed by atoms with Gasteiger partial charge in [0.2, 0.25) is 11.8 Å². The first-order valence-electron chi connectivity index (χ1n) is 10.1. The molecule has 2 aromatic carbocycles. The molecular weight excluding hydrogens is 400 g/mol. The van der Waals surface area contributed by atoms with Crippen molar-refractivity contribution in [1.82, 2.24) is 0 Å². The van der Waals surface area contributed by atoms with E-state index >= 15 is 0 Å². The van der Waals surface area contributed by atoms with Crippen LogP contribution in [-0.2, 0) is 25.8 Å². The highest BCUT2D eigenvalue weighted by atomic mass is 32.2. The van der Waals surface area contributed by atoms with Crippen LogP contribution in [0.4, 0.5) is 11.4 Å².